The van der Waals surface area contributed by atoms with Gasteiger partial charge in [-0.2, -0.15) is 0 Å². The smallest absolute Gasteiger partial charge is 0.170 e. The van der Waals surface area contributed by atoms with Crippen LogP contribution in [0.1, 0.15) is 90.1 Å². The second kappa shape index (κ2) is 5.86. The van der Waals surface area contributed by atoms with Crippen molar-refractivity contribution in [2.45, 2.75) is 91.1 Å². The number of rotatable bonds is 2. The van der Waals surface area contributed by atoms with Crippen LogP contribution < -0.4 is 4.74 Å². The molecule has 0 amide bonds. The van der Waals surface area contributed by atoms with Gasteiger partial charge in [0, 0.05) is 23.6 Å². The number of ketones is 1. The van der Waals surface area contributed by atoms with Gasteiger partial charge in [0.15, 0.2) is 11.9 Å². The summed E-state index contributed by atoms with van der Waals surface area (Å²) in [7, 11) is 0. The monoisotopic (exact) mass is 329 g/mol. The van der Waals surface area contributed by atoms with Crippen LogP contribution in [0.3, 0.4) is 0 Å². The lowest BCUT2D eigenvalue weighted by atomic mass is 9.72. The Morgan fingerprint density at radius 3 is 2.42 bits per heavy atom. The molecule has 3 nitrogen and oxygen atoms in total. The molecule has 3 rings (SSSR count). The molecule has 1 atom stereocenters. The van der Waals surface area contributed by atoms with Crippen LogP contribution in [0.5, 0.6) is 5.75 Å². The van der Waals surface area contributed by atoms with E-state index in [9.17, 15) is 4.79 Å². The Hall–Kier alpha value is -1.38. The Labute approximate surface area is 146 Å². The Morgan fingerprint density at radius 2 is 1.88 bits per heavy atom. The number of ether oxygens (including phenoxy) is 1. The summed E-state index contributed by atoms with van der Waals surface area (Å²) in [4.78, 5) is 16.7. The summed E-state index contributed by atoms with van der Waals surface area (Å²) >= 11 is 0. The summed E-state index contributed by atoms with van der Waals surface area (Å²) in [6, 6.07) is 2.25. The topological polar surface area (TPSA) is 39.2 Å². The molecule has 1 saturated carbocycles. The van der Waals surface area contributed by atoms with E-state index < -0.39 is 0 Å². The lowest BCUT2D eigenvalue weighted by molar-refractivity contribution is -0.122. The van der Waals surface area contributed by atoms with Crippen molar-refractivity contribution in [3.63, 3.8) is 0 Å². The molecule has 0 spiro atoms. The second-order valence-corrected chi connectivity index (χ2v) is 9.48. The molecule has 0 aromatic carbocycles. The number of hydrogen-bond acceptors (Lipinski definition) is 3. The Kier molecular flexibility index (Phi) is 4.26. The number of carbonyl (C=O) groups is 1. The maximum atomic E-state index is 11.8. The van der Waals surface area contributed by atoms with Crippen molar-refractivity contribution in [1.29, 1.82) is 0 Å². The zero-order valence-electron chi connectivity index (χ0n) is 16.0. The summed E-state index contributed by atoms with van der Waals surface area (Å²) < 4.78 is 5.99. The van der Waals surface area contributed by atoms with E-state index in [4.69, 9.17) is 9.72 Å². The largest absolute Gasteiger partial charge is 0.480 e. The highest BCUT2D eigenvalue weighted by Gasteiger charge is 2.35. The third kappa shape index (κ3) is 3.36. The molecule has 1 aromatic rings. The van der Waals surface area contributed by atoms with E-state index in [1.54, 1.807) is 6.92 Å². The minimum atomic E-state index is -0.353. The van der Waals surface area contributed by atoms with Gasteiger partial charge in [-0.25, -0.2) is 0 Å². The maximum Gasteiger partial charge on any atom is 0.170 e. The molecular weight excluding hydrogens is 298 g/mol. The van der Waals surface area contributed by atoms with Gasteiger partial charge in [-0.15, -0.1) is 0 Å². The Bertz CT molecular complexity index is 645. The molecule has 3 heteroatoms. The Balaban J connectivity index is 1.96. The van der Waals surface area contributed by atoms with Gasteiger partial charge >= 0.3 is 0 Å². The van der Waals surface area contributed by atoms with Gasteiger partial charge in [0.2, 0.25) is 0 Å². The minimum Gasteiger partial charge on any atom is -0.480 e. The van der Waals surface area contributed by atoms with Gasteiger partial charge in [0.25, 0.3) is 0 Å². The van der Waals surface area contributed by atoms with Crippen LogP contribution in [0.4, 0.5) is 0 Å². The number of nitrogens with zero attached hydrogens (tertiary/aromatic N) is 1. The molecule has 1 fully saturated rings. The van der Waals surface area contributed by atoms with Crippen LogP contribution >= 0.6 is 0 Å². The molecule has 2 heterocycles. The maximum absolute atomic E-state index is 11.8. The summed E-state index contributed by atoms with van der Waals surface area (Å²) in [5.41, 5.74) is 3.85. The first-order valence-corrected chi connectivity index (χ1v) is 9.28. The highest BCUT2D eigenvalue weighted by atomic mass is 16.5. The molecule has 24 heavy (non-hydrogen) atoms. The summed E-state index contributed by atoms with van der Waals surface area (Å²) in [5, 5.41) is 0. The third-order valence-corrected chi connectivity index (χ3v) is 5.72. The predicted molar refractivity (Wildman–Crippen MR) is 96.7 cm³/mol. The van der Waals surface area contributed by atoms with Crippen LogP contribution in [-0.2, 0) is 16.6 Å². The molecule has 1 unspecified atom stereocenters. The lowest BCUT2D eigenvalue weighted by Gasteiger charge is -2.34. The molecule has 0 radical (unpaired) electrons. The first kappa shape index (κ1) is 17.4. The van der Waals surface area contributed by atoms with E-state index in [2.05, 4.69) is 40.7 Å². The summed E-state index contributed by atoms with van der Waals surface area (Å²) in [6.07, 6.45) is 5.20. The molecule has 132 valence electrons. The van der Waals surface area contributed by atoms with E-state index in [-0.39, 0.29) is 17.3 Å². The lowest BCUT2D eigenvalue weighted by Crippen LogP contribution is -2.23. The molecular formula is C21H31NO2. The molecule has 1 aliphatic heterocycles. The van der Waals surface area contributed by atoms with E-state index in [1.807, 2.05) is 0 Å². The normalized spacial score (nSPS) is 23.7. The SMILES string of the molecule is CC(=O)C1Cc2nc(C3CCC(C)(C)CC3)cc(C(C)(C)C)c2O1. The summed E-state index contributed by atoms with van der Waals surface area (Å²) in [6.45, 7) is 13.0. The van der Waals surface area contributed by atoms with Gasteiger partial charge < -0.3 is 4.74 Å². The number of pyridine rings is 1. The van der Waals surface area contributed by atoms with Crippen molar-refractivity contribution in [1.82, 2.24) is 4.98 Å². The van der Waals surface area contributed by atoms with Crippen molar-refractivity contribution in [3.8, 4) is 5.75 Å². The molecule has 0 bridgehead atoms. The fourth-order valence-electron chi connectivity index (χ4n) is 3.93. The van der Waals surface area contributed by atoms with E-state index in [1.165, 1.54) is 36.9 Å². The van der Waals surface area contributed by atoms with Crippen LogP contribution in [0.25, 0.3) is 0 Å². The average Bonchev–Trinajstić information content (AvgIpc) is 2.89. The van der Waals surface area contributed by atoms with Crippen molar-refractivity contribution in [3.05, 3.63) is 23.0 Å². The average molecular weight is 329 g/mol. The highest BCUT2D eigenvalue weighted by Crippen LogP contribution is 2.45. The van der Waals surface area contributed by atoms with Crippen LogP contribution in [0, 0.1) is 5.41 Å². The predicted octanol–water partition coefficient (Wildman–Crippen LogP) is 4.96. The van der Waals surface area contributed by atoms with Crippen molar-refractivity contribution in [2.75, 3.05) is 0 Å². The number of fused-ring (bicyclic) bond motifs is 1. The van der Waals surface area contributed by atoms with E-state index in [0.29, 0.717) is 17.8 Å². The zero-order chi connectivity index (χ0) is 17.7. The van der Waals surface area contributed by atoms with Gasteiger partial charge in [-0.05, 0) is 49.5 Å². The number of Topliss-reactive ketones (excluding diaryl/α,β-unsaturated/α-hetero) is 1. The van der Waals surface area contributed by atoms with Gasteiger partial charge in [-0.3, -0.25) is 9.78 Å². The van der Waals surface area contributed by atoms with Crippen LogP contribution in [-0.4, -0.2) is 16.9 Å². The van der Waals surface area contributed by atoms with Crippen molar-refractivity contribution < 1.29 is 9.53 Å². The van der Waals surface area contributed by atoms with Gasteiger partial charge in [0.1, 0.15) is 5.75 Å². The van der Waals surface area contributed by atoms with Gasteiger partial charge in [-0.1, -0.05) is 34.6 Å². The number of carbonyl (C=O) groups excluding carboxylic acids is 1. The summed E-state index contributed by atoms with van der Waals surface area (Å²) in [5.74, 6) is 1.50. The molecule has 2 aliphatic rings. The Morgan fingerprint density at radius 1 is 1.25 bits per heavy atom. The van der Waals surface area contributed by atoms with Crippen molar-refractivity contribution >= 4 is 5.78 Å². The van der Waals surface area contributed by atoms with Crippen molar-refractivity contribution in [2.24, 2.45) is 5.41 Å². The van der Waals surface area contributed by atoms with Crippen LogP contribution in [0.2, 0.25) is 0 Å². The first-order valence-electron chi connectivity index (χ1n) is 9.28. The number of aromatic nitrogens is 1. The zero-order valence-corrected chi connectivity index (χ0v) is 16.0. The fourth-order valence-corrected chi connectivity index (χ4v) is 3.93. The fraction of sp³-hybridized carbons (Fsp3) is 0.714. The highest BCUT2D eigenvalue weighted by molar-refractivity contribution is 5.82. The standard InChI is InChI=1S/C21H31NO2/c1-13(23)18-12-17-19(24-18)15(20(2,3)4)11-16(22-17)14-7-9-21(5,6)10-8-14/h11,14,18H,7-10,12H2,1-6H3. The second-order valence-electron chi connectivity index (χ2n) is 9.48. The molecule has 0 saturated heterocycles. The number of hydrogen-bond donors (Lipinski definition) is 0. The minimum absolute atomic E-state index is 0.0125. The van der Waals surface area contributed by atoms with Crippen LogP contribution in [0.15, 0.2) is 6.07 Å². The molecule has 1 aliphatic carbocycles. The van der Waals surface area contributed by atoms with E-state index >= 15 is 0 Å². The van der Waals surface area contributed by atoms with Gasteiger partial charge in [0.05, 0.1) is 5.69 Å². The third-order valence-electron chi connectivity index (χ3n) is 5.72. The molecule has 1 aromatic heterocycles. The quantitative estimate of drug-likeness (QED) is 0.770. The van der Waals surface area contributed by atoms with E-state index in [0.717, 1.165) is 11.4 Å². The first-order chi connectivity index (χ1) is 11.1. The molecule has 0 N–H and O–H groups in total.